The molecule has 0 heterocycles. The van der Waals surface area contributed by atoms with Crippen LogP contribution in [0.2, 0.25) is 0 Å². The second-order valence-electron chi connectivity index (χ2n) is 5.30. The zero-order chi connectivity index (χ0) is 17.0. The number of benzene rings is 4. The van der Waals surface area contributed by atoms with Crippen LogP contribution in [0, 0.1) is 0 Å². The highest BCUT2D eigenvalue weighted by Gasteiger charge is 2.12. The summed E-state index contributed by atoms with van der Waals surface area (Å²) in [5.74, 6) is 0. The van der Waals surface area contributed by atoms with E-state index in [1.54, 1.807) is 30.3 Å². The molecule has 4 aromatic carbocycles. The van der Waals surface area contributed by atoms with E-state index in [2.05, 4.69) is 48.5 Å². The lowest BCUT2D eigenvalue weighted by atomic mass is 10.1. The highest BCUT2D eigenvalue weighted by molar-refractivity contribution is 7.86. The summed E-state index contributed by atoms with van der Waals surface area (Å²) >= 11 is 0. The maximum absolute atomic E-state index is 11.0. The average molecular weight is 336 g/mol. The van der Waals surface area contributed by atoms with Crippen molar-refractivity contribution in [1.82, 2.24) is 0 Å². The third-order valence-corrected chi connectivity index (χ3v) is 4.60. The van der Waals surface area contributed by atoms with Gasteiger partial charge in [0.25, 0.3) is 10.1 Å². The number of hydrogen-bond acceptors (Lipinski definition) is 2. The molecule has 3 nitrogen and oxygen atoms in total. The molecule has 1 N–H and O–H groups in total. The Bertz CT molecular complexity index is 1020. The molecule has 0 aliphatic carbocycles. The number of rotatable bonds is 1. The summed E-state index contributed by atoms with van der Waals surface area (Å²) in [7, 11) is -4.13. The molecular weight excluding hydrogens is 320 g/mol. The van der Waals surface area contributed by atoms with Crippen LogP contribution in [0.5, 0.6) is 0 Å². The topological polar surface area (TPSA) is 54.4 Å². The van der Waals surface area contributed by atoms with Crippen molar-refractivity contribution in [2.24, 2.45) is 0 Å². The van der Waals surface area contributed by atoms with Crippen molar-refractivity contribution in [2.45, 2.75) is 4.90 Å². The third-order valence-electron chi connectivity index (χ3n) is 3.69. The molecule has 24 heavy (non-hydrogen) atoms. The summed E-state index contributed by atoms with van der Waals surface area (Å²) in [6.07, 6.45) is 0. The molecule has 0 spiro atoms. The van der Waals surface area contributed by atoms with Crippen LogP contribution in [-0.4, -0.2) is 13.0 Å². The van der Waals surface area contributed by atoms with Crippen molar-refractivity contribution in [3.8, 4) is 0 Å². The quantitative estimate of drug-likeness (QED) is 0.502. The van der Waals surface area contributed by atoms with Crippen LogP contribution in [0.4, 0.5) is 0 Å². The Balaban J connectivity index is 0.000000149. The SMILES string of the molecule is O=S(=O)(O)c1cccc2ccccc12.c1ccc2ccccc2c1. The molecule has 0 radical (unpaired) electrons. The molecule has 0 atom stereocenters. The summed E-state index contributed by atoms with van der Waals surface area (Å²) in [4.78, 5) is -0.0457. The van der Waals surface area contributed by atoms with E-state index in [0.717, 1.165) is 5.39 Å². The number of hydrogen-bond donors (Lipinski definition) is 1. The van der Waals surface area contributed by atoms with Crippen molar-refractivity contribution in [2.75, 3.05) is 0 Å². The van der Waals surface area contributed by atoms with Crippen molar-refractivity contribution < 1.29 is 13.0 Å². The largest absolute Gasteiger partial charge is 0.295 e. The maximum Gasteiger partial charge on any atom is 0.295 e. The van der Waals surface area contributed by atoms with Gasteiger partial charge in [-0.15, -0.1) is 0 Å². The Morgan fingerprint density at radius 1 is 0.542 bits per heavy atom. The van der Waals surface area contributed by atoms with E-state index in [-0.39, 0.29) is 4.90 Å². The maximum atomic E-state index is 11.0. The van der Waals surface area contributed by atoms with Gasteiger partial charge in [0.05, 0.1) is 0 Å². The van der Waals surface area contributed by atoms with Crippen LogP contribution in [0.15, 0.2) is 95.9 Å². The minimum Gasteiger partial charge on any atom is -0.282 e. The smallest absolute Gasteiger partial charge is 0.282 e. The fourth-order valence-corrected chi connectivity index (χ4v) is 3.27. The molecule has 4 heteroatoms. The summed E-state index contributed by atoms with van der Waals surface area (Å²) in [6, 6.07) is 28.5. The van der Waals surface area contributed by atoms with Crippen LogP contribution < -0.4 is 0 Å². The monoisotopic (exact) mass is 336 g/mol. The molecule has 0 saturated heterocycles. The highest BCUT2D eigenvalue weighted by Crippen LogP contribution is 2.22. The fraction of sp³-hybridized carbons (Fsp3) is 0. The lowest BCUT2D eigenvalue weighted by molar-refractivity contribution is 0.484. The molecule has 0 fully saturated rings. The van der Waals surface area contributed by atoms with E-state index in [1.165, 1.54) is 16.8 Å². The van der Waals surface area contributed by atoms with Crippen LogP contribution >= 0.6 is 0 Å². The van der Waals surface area contributed by atoms with Crippen LogP contribution in [0.25, 0.3) is 21.5 Å². The van der Waals surface area contributed by atoms with E-state index >= 15 is 0 Å². The summed E-state index contributed by atoms with van der Waals surface area (Å²) in [5, 5.41) is 3.95. The molecule has 0 saturated carbocycles. The lowest BCUT2D eigenvalue weighted by Crippen LogP contribution is -1.98. The number of fused-ring (bicyclic) bond motifs is 2. The van der Waals surface area contributed by atoms with Gasteiger partial charge in [-0.3, -0.25) is 4.55 Å². The van der Waals surface area contributed by atoms with E-state index in [1.807, 2.05) is 6.07 Å². The summed E-state index contributed by atoms with van der Waals surface area (Å²) < 4.78 is 31.0. The van der Waals surface area contributed by atoms with Crippen LogP contribution in [0.1, 0.15) is 0 Å². The normalized spacial score (nSPS) is 11.0. The van der Waals surface area contributed by atoms with Gasteiger partial charge in [0, 0.05) is 5.39 Å². The molecule has 4 rings (SSSR count). The molecular formula is C20H16O3S. The van der Waals surface area contributed by atoms with Gasteiger partial charge in [0.2, 0.25) is 0 Å². The van der Waals surface area contributed by atoms with Crippen molar-refractivity contribution in [3.63, 3.8) is 0 Å². The third kappa shape index (κ3) is 3.62. The Labute approximate surface area is 140 Å². The van der Waals surface area contributed by atoms with Gasteiger partial charge < -0.3 is 0 Å². The molecule has 4 aromatic rings. The van der Waals surface area contributed by atoms with Gasteiger partial charge in [-0.05, 0) is 22.2 Å². The van der Waals surface area contributed by atoms with Crippen LogP contribution in [0.3, 0.4) is 0 Å². The van der Waals surface area contributed by atoms with Gasteiger partial charge in [0.15, 0.2) is 0 Å². The van der Waals surface area contributed by atoms with E-state index in [0.29, 0.717) is 5.39 Å². The zero-order valence-corrected chi connectivity index (χ0v) is 13.6. The summed E-state index contributed by atoms with van der Waals surface area (Å²) in [5.41, 5.74) is 0. The van der Waals surface area contributed by atoms with Gasteiger partial charge in [-0.2, -0.15) is 8.42 Å². The molecule has 0 aliphatic rings. The Morgan fingerprint density at radius 2 is 0.958 bits per heavy atom. The second-order valence-corrected chi connectivity index (χ2v) is 6.69. The van der Waals surface area contributed by atoms with Gasteiger partial charge in [-0.1, -0.05) is 84.9 Å². The zero-order valence-electron chi connectivity index (χ0n) is 12.8. The van der Waals surface area contributed by atoms with Gasteiger partial charge in [-0.25, -0.2) is 0 Å². The molecule has 120 valence electrons. The summed E-state index contributed by atoms with van der Waals surface area (Å²) in [6.45, 7) is 0. The molecule has 0 aromatic heterocycles. The first-order valence-electron chi connectivity index (χ1n) is 7.45. The van der Waals surface area contributed by atoms with E-state index in [4.69, 9.17) is 4.55 Å². The second kappa shape index (κ2) is 6.83. The van der Waals surface area contributed by atoms with E-state index in [9.17, 15) is 8.42 Å². The Hall–Kier alpha value is -2.69. The Morgan fingerprint density at radius 3 is 1.46 bits per heavy atom. The minimum absolute atomic E-state index is 0.0457. The first kappa shape index (κ1) is 16.2. The predicted molar refractivity (Wildman–Crippen MR) is 97.7 cm³/mol. The average Bonchev–Trinajstić information content (AvgIpc) is 2.61. The lowest BCUT2D eigenvalue weighted by Gasteiger charge is -2.02. The molecule has 0 bridgehead atoms. The molecule has 0 amide bonds. The Kier molecular flexibility index (Phi) is 4.60. The molecule has 0 unspecified atom stereocenters. The van der Waals surface area contributed by atoms with Crippen molar-refractivity contribution >= 4 is 31.7 Å². The van der Waals surface area contributed by atoms with Crippen LogP contribution in [-0.2, 0) is 10.1 Å². The predicted octanol–water partition coefficient (Wildman–Crippen LogP) is 4.93. The van der Waals surface area contributed by atoms with Crippen molar-refractivity contribution in [3.05, 3.63) is 91.0 Å². The minimum atomic E-state index is -4.13. The fourth-order valence-electron chi connectivity index (χ4n) is 2.55. The first-order valence-corrected chi connectivity index (χ1v) is 8.89. The van der Waals surface area contributed by atoms with Crippen molar-refractivity contribution in [1.29, 1.82) is 0 Å². The first-order chi connectivity index (χ1) is 11.6. The van der Waals surface area contributed by atoms with Gasteiger partial charge in [0.1, 0.15) is 4.90 Å². The standard InChI is InChI=1S/C10H8O3S.C10H8/c11-14(12,13)10-7-3-5-8-4-1-2-6-9(8)10;1-2-6-10-8-4-3-7-9(10)5-1/h1-7H,(H,11,12,13);1-8H. The highest BCUT2D eigenvalue weighted by atomic mass is 32.2. The van der Waals surface area contributed by atoms with Gasteiger partial charge >= 0.3 is 0 Å². The van der Waals surface area contributed by atoms with E-state index < -0.39 is 10.1 Å². The molecule has 0 aliphatic heterocycles.